The molecule has 0 aliphatic heterocycles. The van der Waals surface area contributed by atoms with Gasteiger partial charge in [-0.05, 0) is 49.2 Å². The van der Waals surface area contributed by atoms with Crippen molar-refractivity contribution in [1.82, 2.24) is 9.55 Å². The Kier molecular flexibility index (Phi) is 4.35. The van der Waals surface area contributed by atoms with Crippen LogP contribution in [0.4, 0.5) is 5.69 Å². The SMILES string of the molecule is Cc1cc2ncn(C[C@@H](O)CN(C)c3ccccc3)c2cc1C. The van der Waals surface area contributed by atoms with Crippen molar-refractivity contribution in [2.24, 2.45) is 0 Å². The fraction of sp³-hybridized carbons (Fsp3) is 0.316. The predicted octanol–water partition coefficient (Wildman–Crippen LogP) is 3.15. The van der Waals surface area contributed by atoms with Gasteiger partial charge in [-0.2, -0.15) is 0 Å². The summed E-state index contributed by atoms with van der Waals surface area (Å²) in [5.41, 5.74) is 5.65. The first-order valence-electron chi connectivity index (χ1n) is 7.91. The Balaban J connectivity index is 1.73. The van der Waals surface area contributed by atoms with E-state index in [9.17, 15) is 5.11 Å². The van der Waals surface area contributed by atoms with Crippen molar-refractivity contribution in [1.29, 1.82) is 0 Å². The third kappa shape index (κ3) is 3.37. The number of nitrogens with zero attached hydrogens (tertiary/aromatic N) is 3. The highest BCUT2D eigenvalue weighted by atomic mass is 16.3. The molecule has 0 radical (unpaired) electrons. The molecular weight excluding hydrogens is 286 g/mol. The van der Waals surface area contributed by atoms with E-state index in [4.69, 9.17) is 0 Å². The second kappa shape index (κ2) is 6.42. The normalized spacial score (nSPS) is 12.5. The number of hydrogen-bond acceptors (Lipinski definition) is 3. The number of aromatic nitrogens is 2. The van der Waals surface area contributed by atoms with Crippen LogP contribution >= 0.6 is 0 Å². The van der Waals surface area contributed by atoms with Gasteiger partial charge in [0.1, 0.15) is 0 Å². The fourth-order valence-corrected chi connectivity index (χ4v) is 2.85. The Morgan fingerprint density at radius 3 is 2.57 bits per heavy atom. The fourth-order valence-electron chi connectivity index (χ4n) is 2.85. The lowest BCUT2D eigenvalue weighted by atomic mass is 10.1. The summed E-state index contributed by atoms with van der Waals surface area (Å²) in [6.45, 7) is 5.31. The lowest BCUT2D eigenvalue weighted by molar-refractivity contribution is 0.162. The molecule has 0 aliphatic rings. The molecule has 0 saturated heterocycles. The first-order chi connectivity index (χ1) is 11.0. The van der Waals surface area contributed by atoms with E-state index in [2.05, 4.69) is 35.9 Å². The highest BCUT2D eigenvalue weighted by Crippen LogP contribution is 2.19. The average Bonchev–Trinajstić information content (AvgIpc) is 2.90. The molecule has 120 valence electrons. The summed E-state index contributed by atoms with van der Waals surface area (Å²) in [6.07, 6.45) is 1.36. The van der Waals surface area contributed by atoms with Crippen molar-refractivity contribution in [3.63, 3.8) is 0 Å². The molecule has 4 nitrogen and oxygen atoms in total. The van der Waals surface area contributed by atoms with Gasteiger partial charge in [-0.3, -0.25) is 0 Å². The van der Waals surface area contributed by atoms with Crippen molar-refractivity contribution in [3.8, 4) is 0 Å². The first-order valence-corrected chi connectivity index (χ1v) is 7.91. The van der Waals surface area contributed by atoms with E-state index < -0.39 is 6.10 Å². The molecule has 2 aromatic carbocycles. The Morgan fingerprint density at radius 2 is 1.83 bits per heavy atom. The van der Waals surface area contributed by atoms with Crippen LogP contribution < -0.4 is 4.90 Å². The van der Waals surface area contributed by atoms with Crippen molar-refractivity contribution in [2.75, 3.05) is 18.5 Å². The molecule has 1 N–H and O–H groups in total. The largest absolute Gasteiger partial charge is 0.389 e. The molecular formula is C19H23N3O. The predicted molar refractivity (Wildman–Crippen MR) is 94.9 cm³/mol. The van der Waals surface area contributed by atoms with Crippen molar-refractivity contribution >= 4 is 16.7 Å². The molecule has 0 unspecified atom stereocenters. The maximum atomic E-state index is 10.4. The summed E-state index contributed by atoms with van der Waals surface area (Å²) in [4.78, 5) is 6.52. The minimum atomic E-state index is -0.459. The molecule has 0 bridgehead atoms. The van der Waals surface area contributed by atoms with E-state index in [1.807, 2.05) is 48.3 Å². The van der Waals surface area contributed by atoms with Crippen molar-refractivity contribution < 1.29 is 5.11 Å². The number of aliphatic hydroxyl groups is 1. The number of hydrogen-bond donors (Lipinski definition) is 1. The molecule has 0 fully saturated rings. The molecule has 1 heterocycles. The van der Waals surface area contributed by atoms with Gasteiger partial charge in [0, 0.05) is 19.3 Å². The van der Waals surface area contributed by atoms with Gasteiger partial charge in [0.2, 0.25) is 0 Å². The Morgan fingerprint density at radius 1 is 1.13 bits per heavy atom. The van der Waals surface area contributed by atoms with Gasteiger partial charge in [0.05, 0.1) is 30.0 Å². The molecule has 3 aromatic rings. The van der Waals surface area contributed by atoms with Crippen molar-refractivity contribution in [2.45, 2.75) is 26.5 Å². The number of fused-ring (bicyclic) bond motifs is 1. The summed E-state index contributed by atoms with van der Waals surface area (Å²) in [5.74, 6) is 0. The molecule has 1 atom stereocenters. The van der Waals surface area contributed by atoms with Crippen LogP contribution in [0.25, 0.3) is 11.0 Å². The second-order valence-corrected chi connectivity index (χ2v) is 6.19. The summed E-state index contributed by atoms with van der Waals surface area (Å²) in [5, 5.41) is 10.4. The molecule has 3 rings (SSSR count). The van der Waals surface area contributed by atoms with Crippen molar-refractivity contribution in [3.05, 3.63) is 59.9 Å². The summed E-state index contributed by atoms with van der Waals surface area (Å²) < 4.78 is 2.03. The van der Waals surface area contributed by atoms with Crippen LogP contribution in [-0.2, 0) is 6.54 Å². The van der Waals surface area contributed by atoms with Crippen LogP contribution in [-0.4, -0.2) is 34.4 Å². The maximum absolute atomic E-state index is 10.4. The Hall–Kier alpha value is -2.33. The number of likely N-dealkylation sites (N-methyl/N-ethyl adjacent to an activating group) is 1. The number of aryl methyl sites for hydroxylation is 2. The smallest absolute Gasteiger partial charge is 0.0959 e. The number of benzene rings is 2. The number of rotatable bonds is 5. The van der Waals surface area contributed by atoms with Gasteiger partial charge in [-0.25, -0.2) is 4.98 Å². The van der Waals surface area contributed by atoms with Gasteiger partial charge in [0.25, 0.3) is 0 Å². The standard InChI is InChI=1S/C19H23N3O/c1-14-9-18-19(10-15(14)2)22(13-20-18)12-17(23)11-21(3)16-7-5-4-6-8-16/h4-10,13,17,23H,11-12H2,1-3H3/t17-/m0/s1. The zero-order valence-corrected chi connectivity index (χ0v) is 13.9. The molecule has 0 aliphatic carbocycles. The molecule has 0 saturated carbocycles. The highest BCUT2D eigenvalue weighted by molar-refractivity contribution is 5.77. The van der Waals surface area contributed by atoms with E-state index in [-0.39, 0.29) is 0 Å². The lowest BCUT2D eigenvalue weighted by Gasteiger charge is -2.23. The van der Waals surface area contributed by atoms with Crippen LogP contribution in [0.15, 0.2) is 48.8 Å². The number of imidazole rings is 1. The minimum absolute atomic E-state index is 0.459. The third-order valence-corrected chi connectivity index (χ3v) is 4.33. The number of aliphatic hydroxyl groups excluding tert-OH is 1. The van der Waals surface area contributed by atoms with Crippen LogP contribution in [0.1, 0.15) is 11.1 Å². The minimum Gasteiger partial charge on any atom is -0.389 e. The highest BCUT2D eigenvalue weighted by Gasteiger charge is 2.12. The van der Waals surface area contributed by atoms with Crippen LogP contribution in [0.5, 0.6) is 0 Å². The monoisotopic (exact) mass is 309 g/mol. The lowest BCUT2D eigenvalue weighted by Crippen LogP contribution is -2.31. The van der Waals surface area contributed by atoms with Crippen LogP contribution in [0.3, 0.4) is 0 Å². The zero-order valence-electron chi connectivity index (χ0n) is 13.9. The third-order valence-electron chi connectivity index (χ3n) is 4.33. The molecule has 1 aromatic heterocycles. The first kappa shape index (κ1) is 15.6. The van der Waals surface area contributed by atoms with Crippen LogP contribution in [0, 0.1) is 13.8 Å². The van der Waals surface area contributed by atoms with E-state index in [0.29, 0.717) is 13.1 Å². The quantitative estimate of drug-likeness (QED) is 0.787. The number of anilines is 1. The molecule has 23 heavy (non-hydrogen) atoms. The molecule has 4 heteroatoms. The Bertz CT molecular complexity index is 795. The van der Waals surface area contributed by atoms with E-state index in [1.165, 1.54) is 11.1 Å². The van der Waals surface area contributed by atoms with Gasteiger partial charge in [0.15, 0.2) is 0 Å². The second-order valence-electron chi connectivity index (χ2n) is 6.19. The number of para-hydroxylation sites is 1. The topological polar surface area (TPSA) is 41.3 Å². The molecule has 0 spiro atoms. The summed E-state index contributed by atoms with van der Waals surface area (Å²) >= 11 is 0. The molecule has 0 amide bonds. The van der Waals surface area contributed by atoms with Gasteiger partial charge in [-0.1, -0.05) is 18.2 Å². The van der Waals surface area contributed by atoms with E-state index in [0.717, 1.165) is 16.7 Å². The van der Waals surface area contributed by atoms with E-state index >= 15 is 0 Å². The Labute approximate surface area is 137 Å². The van der Waals surface area contributed by atoms with Gasteiger partial charge >= 0.3 is 0 Å². The van der Waals surface area contributed by atoms with Gasteiger partial charge < -0.3 is 14.6 Å². The van der Waals surface area contributed by atoms with Crippen LogP contribution in [0.2, 0.25) is 0 Å². The zero-order chi connectivity index (χ0) is 16.4. The maximum Gasteiger partial charge on any atom is 0.0959 e. The summed E-state index contributed by atoms with van der Waals surface area (Å²) in [6, 6.07) is 14.3. The average molecular weight is 309 g/mol. The van der Waals surface area contributed by atoms with Gasteiger partial charge in [-0.15, -0.1) is 0 Å². The van der Waals surface area contributed by atoms with E-state index in [1.54, 1.807) is 0 Å². The summed E-state index contributed by atoms with van der Waals surface area (Å²) in [7, 11) is 2.00.